The Morgan fingerprint density at radius 3 is 2.69 bits per heavy atom. The Hall–Kier alpha value is -2.36. The number of thiol groups is 1. The third-order valence-electron chi connectivity index (χ3n) is 5.74. The molecule has 0 atom stereocenters. The van der Waals surface area contributed by atoms with Gasteiger partial charge in [-0.2, -0.15) is 22.7 Å². The van der Waals surface area contributed by atoms with Crippen molar-refractivity contribution in [3.05, 3.63) is 52.1 Å². The Kier molecular flexibility index (Phi) is 7.17. The molecule has 0 bridgehead atoms. The summed E-state index contributed by atoms with van der Waals surface area (Å²) in [4.78, 5) is 11.0. The van der Waals surface area contributed by atoms with Crippen molar-refractivity contribution in [1.82, 2.24) is 25.1 Å². The van der Waals surface area contributed by atoms with Gasteiger partial charge in [0.2, 0.25) is 5.95 Å². The van der Waals surface area contributed by atoms with Crippen molar-refractivity contribution >= 4 is 47.5 Å². The van der Waals surface area contributed by atoms with Gasteiger partial charge in [0.05, 0.1) is 11.9 Å². The molecule has 10 heteroatoms. The van der Waals surface area contributed by atoms with Crippen LogP contribution in [0.5, 0.6) is 0 Å². The molecule has 1 saturated heterocycles. The van der Waals surface area contributed by atoms with Gasteiger partial charge in [-0.1, -0.05) is 11.6 Å². The lowest BCUT2D eigenvalue weighted by molar-refractivity contribution is 0.224. The zero-order valence-corrected chi connectivity index (χ0v) is 19.8. The van der Waals surface area contributed by atoms with E-state index in [1.807, 2.05) is 26.0 Å². The highest BCUT2D eigenvalue weighted by Crippen LogP contribution is 2.34. The van der Waals surface area contributed by atoms with Crippen LogP contribution in [0.3, 0.4) is 0 Å². The predicted molar refractivity (Wildman–Crippen MR) is 130 cm³/mol. The number of aromatic nitrogens is 4. The van der Waals surface area contributed by atoms with Crippen LogP contribution >= 0.6 is 24.2 Å². The second-order valence-electron chi connectivity index (χ2n) is 8.10. The van der Waals surface area contributed by atoms with E-state index in [0.29, 0.717) is 28.3 Å². The van der Waals surface area contributed by atoms with E-state index in [9.17, 15) is 0 Å². The fourth-order valence-electron chi connectivity index (χ4n) is 4.08. The van der Waals surface area contributed by atoms with Crippen LogP contribution in [-0.2, 0) is 0 Å². The summed E-state index contributed by atoms with van der Waals surface area (Å²) in [7, 11) is 0. The molecule has 1 aliphatic heterocycles. The molecular weight excluding hydrogens is 449 g/mol. The summed E-state index contributed by atoms with van der Waals surface area (Å²) in [6.45, 7) is 6.97. The number of hydrogen-bond acceptors (Lipinski definition) is 7. The maximum Gasteiger partial charge on any atom is 0.229 e. The molecule has 0 saturated carbocycles. The summed E-state index contributed by atoms with van der Waals surface area (Å²) in [5, 5.41) is 13.3. The van der Waals surface area contributed by atoms with Gasteiger partial charge in [-0.25, -0.2) is 9.37 Å². The highest BCUT2D eigenvalue weighted by Gasteiger charge is 2.23. The number of aromatic amines is 1. The minimum atomic E-state index is -0.320. The Balaban J connectivity index is 1.49. The normalized spacial score (nSPS) is 15.2. The molecule has 170 valence electrons. The zero-order valence-electron chi connectivity index (χ0n) is 18.1. The number of hydrogen-bond donors (Lipinski definition) is 4. The van der Waals surface area contributed by atoms with E-state index in [4.69, 9.17) is 11.6 Å². The first-order chi connectivity index (χ1) is 15.4. The first kappa shape index (κ1) is 22.8. The van der Waals surface area contributed by atoms with Crippen LogP contribution in [0, 0.1) is 19.7 Å². The van der Waals surface area contributed by atoms with Crippen molar-refractivity contribution in [2.45, 2.75) is 32.6 Å². The van der Waals surface area contributed by atoms with Gasteiger partial charge in [-0.3, -0.25) is 5.10 Å². The number of H-pyrrole nitrogens is 1. The van der Waals surface area contributed by atoms with E-state index in [-0.39, 0.29) is 11.8 Å². The van der Waals surface area contributed by atoms with E-state index in [1.165, 1.54) is 6.20 Å². The monoisotopic (exact) mass is 475 g/mol. The number of nitrogens with one attached hydrogen (secondary N) is 3. The second-order valence-corrected chi connectivity index (χ2v) is 8.96. The third-order valence-corrected chi connectivity index (χ3v) is 6.22. The van der Waals surface area contributed by atoms with Crippen LogP contribution < -0.4 is 10.6 Å². The molecule has 0 unspecified atom stereocenters. The number of rotatable bonds is 7. The van der Waals surface area contributed by atoms with Gasteiger partial charge in [-0.15, -0.1) is 0 Å². The van der Waals surface area contributed by atoms with E-state index < -0.39 is 0 Å². The van der Waals surface area contributed by atoms with Gasteiger partial charge < -0.3 is 15.5 Å². The van der Waals surface area contributed by atoms with Crippen LogP contribution in [0.25, 0.3) is 0 Å². The molecule has 4 rings (SSSR count). The molecule has 1 aliphatic rings. The van der Waals surface area contributed by atoms with Crippen molar-refractivity contribution in [2.75, 3.05) is 36.0 Å². The molecule has 32 heavy (non-hydrogen) atoms. The highest BCUT2D eigenvalue weighted by molar-refractivity contribution is 7.80. The maximum atomic E-state index is 15.0. The molecule has 0 spiro atoms. The van der Waals surface area contributed by atoms with Gasteiger partial charge in [0, 0.05) is 24.1 Å². The molecule has 1 aromatic carbocycles. The second kappa shape index (κ2) is 10.1. The minimum Gasteiger partial charge on any atom is -0.322 e. The van der Waals surface area contributed by atoms with Crippen molar-refractivity contribution in [3.63, 3.8) is 0 Å². The Morgan fingerprint density at radius 1 is 1.22 bits per heavy atom. The van der Waals surface area contributed by atoms with Crippen LogP contribution in [0.15, 0.2) is 24.4 Å². The number of anilines is 4. The fraction of sp³-hybridized carbons (Fsp3) is 0.409. The summed E-state index contributed by atoms with van der Waals surface area (Å²) in [5.41, 5.74) is 3.37. The fourth-order valence-corrected chi connectivity index (χ4v) is 4.50. The van der Waals surface area contributed by atoms with Gasteiger partial charge >= 0.3 is 0 Å². The summed E-state index contributed by atoms with van der Waals surface area (Å²) >= 11 is 10.5. The Morgan fingerprint density at radius 2 is 2.00 bits per heavy atom. The average molecular weight is 476 g/mol. The molecule has 2 aromatic heterocycles. The molecule has 7 nitrogen and oxygen atoms in total. The Bertz CT molecular complexity index is 1080. The summed E-state index contributed by atoms with van der Waals surface area (Å²) in [6.07, 6.45) is 3.53. The number of benzene rings is 1. The van der Waals surface area contributed by atoms with E-state index >= 15 is 4.39 Å². The molecular formula is C22H27ClFN7S. The van der Waals surface area contributed by atoms with Crippen molar-refractivity contribution in [3.8, 4) is 0 Å². The molecule has 0 amide bonds. The minimum absolute atomic E-state index is 0.246. The molecule has 0 radical (unpaired) electrons. The largest absolute Gasteiger partial charge is 0.322 e. The van der Waals surface area contributed by atoms with Crippen LogP contribution in [-0.4, -0.2) is 50.5 Å². The van der Waals surface area contributed by atoms with Crippen molar-refractivity contribution in [2.24, 2.45) is 0 Å². The van der Waals surface area contributed by atoms with Crippen LogP contribution in [0.4, 0.5) is 27.7 Å². The molecule has 3 aromatic rings. The number of piperidine rings is 1. The van der Waals surface area contributed by atoms with Crippen LogP contribution in [0.2, 0.25) is 5.02 Å². The van der Waals surface area contributed by atoms with Gasteiger partial charge in [0.1, 0.15) is 10.8 Å². The molecule has 1 fully saturated rings. The van der Waals surface area contributed by atoms with Crippen molar-refractivity contribution < 1.29 is 4.39 Å². The quantitative estimate of drug-likeness (QED) is 0.351. The first-order valence-electron chi connectivity index (χ1n) is 10.6. The van der Waals surface area contributed by atoms with E-state index in [2.05, 4.69) is 48.3 Å². The van der Waals surface area contributed by atoms with Gasteiger partial charge in [-0.05, 0) is 69.0 Å². The van der Waals surface area contributed by atoms with Gasteiger partial charge in [0.15, 0.2) is 11.6 Å². The van der Waals surface area contributed by atoms with Crippen LogP contribution in [0.1, 0.15) is 35.6 Å². The maximum absolute atomic E-state index is 15.0. The lowest BCUT2D eigenvalue weighted by Crippen LogP contribution is -2.34. The smallest absolute Gasteiger partial charge is 0.229 e. The van der Waals surface area contributed by atoms with E-state index in [1.54, 1.807) is 6.07 Å². The number of likely N-dealkylation sites (tertiary alicyclic amines) is 1. The lowest BCUT2D eigenvalue weighted by Gasteiger charge is -2.32. The predicted octanol–water partition coefficient (Wildman–Crippen LogP) is 5.21. The highest BCUT2D eigenvalue weighted by atomic mass is 35.5. The standard InChI is InChI=1S/C22H27ClFN7S/c1-13-9-19(18(24)11-16(13)15-3-5-31(6-4-15)7-8-32)26-22-25-12-17(23)21(28-22)27-20-10-14(2)29-30-20/h9-12,15,32H,3-8H2,1-2H3,(H3,25,26,27,28,29,30). The first-order valence-corrected chi connectivity index (χ1v) is 11.7. The summed E-state index contributed by atoms with van der Waals surface area (Å²) in [5.74, 6) is 2.13. The topological polar surface area (TPSA) is 81.8 Å². The summed E-state index contributed by atoms with van der Waals surface area (Å²) in [6, 6.07) is 5.31. The zero-order chi connectivity index (χ0) is 22.7. The number of aryl methyl sites for hydroxylation is 2. The summed E-state index contributed by atoms with van der Waals surface area (Å²) < 4.78 is 15.0. The Labute approximate surface area is 197 Å². The molecule has 0 aliphatic carbocycles. The lowest BCUT2D eigenvalue weighted by atomic mass is 9.86. The third kappa shape index (κ3) is 5.33. The number of nitrogens with zero attached hydrogens (tertiary/aromatic N) is 4. The van der Waals surface area contributed by atoms with E-state index in [0.717, 1.165) is 55.0 Å². The molecule has 3 heterocycles. The average Bonchev–Trinajstić information content (AvgIpc) is 3.18. The number of halogens is 2. The SMILES string of the molecule is Cc1cc(Nc2nc(Nc3cc(C)c(C4CCN(CCS)CC4)cc3F)ncc2Cl)n[nH]1. The molecule has 3 N–H and O–H groups in total. The van der Waals surface area contributed by atoms with Gasteiger partial charge in [0.25, 0.3) is 0 Å². The van der Waals surface area contributed by atoms with Crippen molar-refractivity contribution in [1.29, 1.82) is 0 Å².